The summed E-state index contributed by atoms with van der Waals surface area (Å²) in [4.78, 5) is 10.7. The predicted octanol–water partition coefficient (Wildman–Crippen LogP) is 2.12. The highest BCUT2D eigenvalue weighted by Crippen LogP contribution is 2.29. The SMILES string of the molecule is Nc1c(CC(=O)O)cccc1C(O)c1ccc(F)cc1. The number of hydrogen-bond donors (Lipinski definition) is 3. The van der Waals surface area contributed by atoms with E-state index in [1.165, 1.54) is 24.3 Å². The lowest BCUT2D eigenvalue weighted by atomic mass is 9.96. The Bertz CT molecular complexity index is 626. The maximum Gasteiger partial charge on any atom is 0.307 e. The molecule has 4 nitrogen and oxygen atoms in total. The fourth-order valence-corrected chi connectivity index (χ4v) is 2.01. The van der Waals surface area contributed by atoms with Crippen molar-refractivity contribution >= 4 is 11.7 Å². The molecule has 0 bridgehead atoms. The molecule has 20 heavy (non-hydrogen) atoms. The quantitative estimate of drug-likeness (QED) is 0.746. The molecule has 0 saturated heterocycles. The number of hydrogen-bond acceptors (Lipinski definition) is 3. The predicted molar refractivity (Wildman–Crippen MR) is 72.7 cm³/mol. The van der Waals surface area contributed by atoms with E-state index < -0.39 is 17.9 Å². The van der Waals surface area contributed by atoms with Crippen LogP contribution in [0.2, 0.25) is 0 Å². The van der Waals surface area contributed by atoms with Gasteiger partial charge < -0.3 is 15.9 Å². The van der Waals surface area contributed by atoms with Crippen LogP contribution < -0.4 is 5.73 Å². The first-order valence-electron chi connectivity index (χ1n) is 6.01. The number of para-hydroxylation sites is 1. The molecule has 0 aliphatic rings. The van der Waals surface area contributed by atoms with Gasteiger partial charge in [-0.15, -0.1) is 0 Å². The zero-order valence-electron chi connectivity index (χ0n) is 10.6. The number of nitrogen functional groups attached to an aromatic ring is 1. The van der Waals surface area contributed by atoms with Gasteiger partial charge >= 0.3 is 5.97 Å². The number of anilines is 1. The van der Waals surface area contributed by atoms with Crippen LogP contribution in [0.3, 0.4) is 0 Å². The largest absolute Gasteiger partial charge is 0.481 e. The van der Waals surface area contributed by atoms with Gasteiger partial charge in [-0.05, 0) is 23.3 Å². The molecule has 2 aromatic carbocycles. The van der Waals surface area contributed by atoms with Crippen molar-refractivity contribution in [2.75, 3.05) is 5.73 Å². The fraction of sp³-hybridized carbons (Fsp3) is 0.133. The Kier molecular flexibility index (Phi) is 4.00. The van der Waals surface area contributed by atoms with E-state index in [1.54, 1.807) is 18.2 Å². The lowest BCUT2D eigenvalue weighted by molar-refractivity contribution is -0.136. The van der Waals surface area contributed by atoms with E-state index in [0.29, 0.717) is 16.7 Å². The molecule has 0 fully saturated rings. The topological polar surface area (TPSA) is 83.6 Å². The van der Waals surface area contributed by atoms with Crippen LogP contribution in [-0.4, -0.2) is 16.2 Å². The van der Waals surface area contributed by atoms with Crippen molar-refractivity contribution in [1.29, 1.82) is 0 Å². The van der Waals surface area contributed by atoms with E-state index in [9.17, 15) is 14.3 Å². The second kappa shape index (κ2) is 5.71. The van der Waals surface area contributed by atoms with Crippen molar-refractivity contribution in [2.45, 2.75) is 12.5 Å². The molecule has 1 atom stereocenters. The zero-order chi connectivity index (χ0) is 14.7. The lowest BCUT2D eigenvalue weighted by Crippen LogP contribution is -2.09. The third-order valence-corrected chi connectivity index (χ3v) is 3.05. The summed E-state index contributed by atoms with van der Waals surface area (Å²) in [6.07, 6.45) is -1.24. The monoisotopic (exact) mass is 275 g/mol. The Balaban J connectivity index is 2.37. The Hall–Kier alpha value is -2.40. The van der Waals surface area contributed by atoms with Gasteiger partial charge in [-0.2, -0.15) is 0 Å². The minimum atomic E-state index is -1.02. The summed E-state index contributed by atoms with van der Waals surface area (Å²) < 4.78 is 12.9. The highest BCUT2D eigenvalue weighted by molar-refractivity contribution is 5.74. The Morgan fingerprint density at radius 3 is 2.45 bits per heavy atom. The van der Waals surface area contributed by atoms with E-state index >= 15 is 0 Å². The molecule has 0 aliphatic heterocycles. The molecular formula is C15H14FNO3. The van der Waals surface area contributed by atoms with E-state index in [1.807, 2.05) is 0 Å². The van der Waals surface area contributed by atoms with Gasteiger partial charge in [-0.25, -0.2) is 4.39 Å². The molecule has 0 heterocycles. The number of carboxylic acids is 1. The van der Waals surface area contributed by atoms with Crippen molar-refractivity contribution in [1.82, 2.24) is 0 Å². The van der Waals surface area contributed by atoms with Crippen molar-refractivity contribution in [3.8, 4) is 0 Å². The summed E-state index contributed by atoms with van der Waals surface area (Å²) in [5.74, 6) is -1.39. The van der Waals surface area contributed by atoms with Gasteiger partial charge in [0.15, 0.2) is 0 Å². The van der Waals surface area contributed by atoms with Crippen LogP contribution in [0.15, 0.2) is 42.5 Å². The van der Waals surface area contributed by atoms with Crippen LogP contribution in [0, 0.1) is 5.82 Å². The highest BCUT2D eigenvalue weighted by atomic mass is 19.1. The van der Waals surface area contributed by atoms with Gasteiger partial charge in [-0.1, -0.05) is 30.3 Å². The summed E-state index contributed by atoms with van der Waals surface area (Å²) in [5.41, 5.74) is 7.49. The Labute approximate surface area is 115 Å². The number of aliphatic carboxylic acids is 1. The van der Waals surface area contributed by atoms with Crippen molar-refractivity contribution in [3.63, 3.8) is 0 Å². The molecule has 1 unspecified atom stereocenters. The van der Waals surface area contributed by atoms with Crippen LogP contribution in [-0.2, 0) is 11.2 Å². The first kappa shape index (κ1) is 14.0. The lowest BCUT2D eigenvalue weighted by Gasteiger charge is -2.16. The Morgan fingerprint density at radius 1 is 1.20 bits per heavy atom. The molecule has 0 saturated carbocycles. The Morgan fingerprint density at radius 2 is 1.85 bits per heavy atom. The molecule has 2 aromatic rings. The number of aliphatic hydroxyl groups excluding tert-OH is 1. The minimum Gasteiger partial charge on any atom is -0.481 e. The molecule has 5 heteroatoms. The second-order valence-corrected chi connectivity index (χ2v) is 4.44. The number of rotatable bonds is 4. The van der Waals surface area contributed by atoms with E-state index in [-0.39, 0.29) is 12.1 Å². The van der Waals surface area contributed by atoms with Crippen LogP contribution in [0.5, 0.6) is 0 Å². The van der Waals surface area contributed by atoms with Gasteiger partial charge in [-0.3, -0.25) is 4.79 Å². The summed E-state index contributed by atoms with van der Waals surface area (Å²) in [5, 5.41) is 19.1. The van der Waals surface area contributed by atoms with Crippen molar-refractivity contribution < 1.29 is 19.4 Å². The summed E-state index contributed by atoms with van der Waals surface area (Å²) >= 11 is 0. The van der Waals surface area contributed by atoms with Crippen LogP contribution in [0.1, 0.15) is 22.8 Å². The fourth-order valence-electron chi connectivity index (χ4n) is 2.01. The average Bonchev–Trinajstić information content (AvgIpc) is 2.41. The molecule has 4 N–H and O–H groups in total. The molecule has 2 rings (SSSR count). The van der Waals surface area contributed by atoms with Crippen LogP contribution in [0.25, 0.3) is 0 Å². The minimum absolute atomic E-state index is 0.212. The van der Waals surface area contributed by atoms with Gasteiger partial charge in [0.25, 0.3) is 0 Å². The molecule has 104 valence electrons. The number of carbonyl (C=O) groups is 1. The zero-order valence-corrected chi connectivity index (χ0v) is 10.6. The maximum atomic E-state index is 12.9. The first-order valence-corrected chi connectivity index (χ1v) is 6.01. The van der Waals surface area contributed by atoms with Gasteiger partial charge in [0.1, 0.15) is 11.9 Å². The standard InChI is InChI=1S/C15H14FNO3/c16-11-6-4-9(5-7-11)15(20)12-3-1-2-10(14(12)17)8-13(18)19/h1-7,15,20H,8,17H2,(H,18,19). The molecule has 0 aliphatic carbocycles. The van der Waals surface area contributed by atoms with Crippen molar-refractivity contribution in [2.24, 2.45) is 0 Å². The van der Waals surface area contributed by atoms with E-state index in [2.05, 4.69) is 0 Å². The molecule has 0 spiro atoms. The van der Waals surface area contributed by atoms with Gasteiger partial charge in [0.05, 0.1) is 6.42 Å². The smallest absolute Gasteiger partial charge is 0.307 e. The number of halogens is 1. The second-order valence-electron chi connectivity index (χ2n) is 4.44. The third kappa shape index (κ3) is 2.95. The first-order chi connectivity index (χ1) is 9.49. The summed E-state index contributed by atoms with van der Waals surface area (Å²) in [6, 6.07) is 10.3. The normalized spacial score (nSPS) is 12.1. The number of benzene rings is 2. The average molecular weight is 275 g/mol. The number of carboxylic acid groups (broad SMARTS) is 1. The highest BCUT2D eigenvalue weighted by Gasteiger charge is 2.16. The maximum absolute atomic E-state index is 12.9. The summed E-state index contributed by atoms with van der Waals surface area (Å²) in [6.45, 7) is 0. The number of aliphatic hydroxyl groups is 1. The van der Waals surface area contributed by atoms with Gasteiger partial charge in [0, 0.05) is 11.3 Å². The molecular weight excluding hydrogens is 261 g/mol. The van der Waals surface area contributed by atoms with Crippen LogP contribution >= 0.6 is 0 Å². The molecule has 0 radical (unpaired) electrons. The third-order valence-electron chi connectivity index (χ3n) is 3.05. The molecule has 0 amide bonds. The van der Waals surface area contributed by atoms with Crippen molar-refractivity contribution in [3.05, 3.63) is 65.0 Å². The van der Waals surface area contributed by atoms with E-state index in [0.717, 1.165) is 0 Å². The number of nitrogens with two attached hydrogens (primary N) is 1. The molecule has 0 aromatic heterocycles. The van der Waals surface area contributed by atoms with E-state index in [4.69, 9.17) is 10.8 Å². The van der Waals surface area contributed by atoms with Crippen LogP contribution in [0.4, 0.5) is 10.1 Å². The van der Waals surface area contributed by atoms with Gasteiger partial charge in [0.2, 0.25) is 0 Å². The summed E-state index contributed by atoms with van der Waals surface area (Å²) in [7, 11) is 0.